The van der Waals surface area contributed by atoms with Crippen molar-refractivity contribution in [1.82, 2.24) is 30.4 Å². The molecule has 0 bridgehead atoms. The van der Waals surface area contributed by atoms with Gasteiger partial charge in [-0.15, -0.1) is 10.2 Å². The molecule has 0 atom stereocenters. The molecule has 0 saturated heterocycles. The normalized spacial score (nSPS) is 14.1. The minimum absolute atomic E-state index is 0.0380. The lowest BCUT2D eigenvalue weighted by atomic mass is 9.95. The van der Waals surface area contributed by atoms with Crippen LogP contribution in [0.5, 0.6) is 0 Å². The van der Waals surface area contributed by atoms with Crippen molar-refractivity contribution in [2.45, 2.75) is 51.2 Å². The summed E-state index contributed by atoms with van der Waals surface area (Å²) in [6.07, 6.45) is 5.40. The second-order valence-electron chi connectivity index (χ2n) is 8.29. The Morgan fingerprint density at radius 1 is 1.03 bits per heavy atom. The second-order valence-corrected chi connectivity index (χ2v) is 8.29. The number of hydrogen-bond acceptors (Lipinski definition) is 5. The van der Waals surface area contributed by atoms with Crippen molar-refractivity contribution in [2.75, 3.05) is 6.54 Å². The quantitative estimate of drug-likeness (QED) is 0.570. The summed E-state index contributed by atoms with van der Waals surface area (Å²) in [6, 6.07) is 15.4. The number of nitrogens with zero attached hydrogens (tertiary/aromatic N) is 5. The van der Waals surface area contributed by atoms with E-state index in [-0.39, 0.29) is 36.8 Å². The predicted molar refractivity (Wildman–Crippen MR) is 120 cm³/mol. The summed E-state index contributed by atoms with van der Waals surface area (Å²) >= 11 is 0. The van der Waals surface area contributed by atoms with Crippen LogP contribution in [0.2, 0.25) is 0 Å². The summed E-state index contributed by atoms with van der Waals surface area (Å²) in [7, 11) is 0. The largest absolute Gasteiger partial charge is 0.352 e. The van der Waals surface area contributed by atoms with E-state index in [4.69, 9.17) is 0 Å². The molecule has 9 heteroatoms. The van der Waals surface area contributed by atoms with E-state index in [2.05, 4.69) is 20.7 Å². The number of halogens is 1. The SMILES string of the molecule is O=C(CN(Cc1ccccc1)C(=O)Cn1nnc(-c2ccc(F)cc2)n1)NC1CCCCC1. The molecule has 1 aliphatic rings. The fraction of sp³-hybridized carbons (Fsp3) is 0.375. The highest BCUT2D eigenvalue weighted by Gasteiger charge is 2.22. The van der Waals surface area contributed by atoms with Gasteiger partial charge in [0.05, 0.1) is 6.54 Å². The lowest BCUT2D eigenvalue weighted by Gasteiger charge is -2.26. The third kappa shape index (κ3) is 6.44. The molecule has 1 aromatic heterocycles. The molecular weight excluding hydrogens is 423 g/mol. The lowest BCUT2D eigenvalue weighted by Crippen LogP contribution is -2.45. The lowest BCUT2D eigenvalue weighted by molar-refractivity contribution is -0.137. The molecule has 8 nitrogen and oxygen atoms in total. The molecule has 1 fully saturated rings. The van der Waals surface area contributed by atoms with Crippen molar-refractivity contribution < 1.29 is 14.0 Å². The standard InChI is InChI=1S/C24H27FN6O2/c25-20-13-11-19(12-14-20)24-27-29-31(28-24)17-23(33)30(15-18-7-3-1-4-8-18)16-22(32)26-21-9-5-2-6-10-21/h1,3-4,7-8,11-14,21H,2,5-6,9-10,15-17H2,(H,26,32). The van der Waals surface area contributed by atoms with Gasteiger partial charge < -0.3 is 10.2 Å². The van der Waals surface area contributed by atoms with Gasteiger partial charge in [0, 0.05) is 18.2 Å². The average molecular weight is 451 g/mol. The van der Waals surface area contributed by atoms with Gasteiger partial charge in [-0.2, -0.15) is 4.80 Å². The first-order valence-corrected chi connectivity index (χ1v) is 11.2. The number of nitrogens with one attached hydrogen (secondary N) is 1. The highest BCUT2D eigenvalue weighted by molar-refractivity contribution is 5.84. The van der Waals surface area contributed by atoms with Gasteiger partial charge in [-0.1, -0.05) is 49.6 Å². The second kappa shape index (κ2) is 10.8. The Labute approximate surface area is 191 Å². The molecule has 1 heterocycles. The number of hydrogen-bond donors (Lipinski definition) is 1. The van der Waals surface area contributed by atoms with Crippen molar-refractivity contribution in [3.05, 3.63) is 66.0 Å². The van der Waals surface area contributed by atoms with Crippen LogP contribution in [0.1, 0.15) is 37.7 Å². The minimum atomic E-state index is -0.357. The van der Waals surface area contributed by atoms with E-state index in [1.165, 1.54) is 28.2 Å². The highest BCUT2D eigenvalue weighted by atomic mass is 19.1. The van der Waals surface area contributed by atoms with E-state index >= 15 is 0 Å². The van der Waals surface area contributed by atoms with Crippen molar-refractivity contribution in [2.24, 2.45) is 0 Å². The van der Waals surface area contributed by atoms with Gasteiger partial charge in [0.2, 0.25) is 17.6 Å². The molecule has 0 unspecified atom stereocenters. The number of tetrazole rings is 1. The Kier molecular flexibility index (Phi) is 7.39. The number of rotatable bonds is 8. The summed E-state index contributed by atoms with van der Waals surface area (Å²) in [6.45, 7) is 0.110. The third-order valence-electron chi connectivity index (χ3n) is 5.71. The molecule has 0 spiro atoms. The van der Waals surface area contributed by atoms with Crippen molar-refractivity contribution >= 4 is 11.8 Å². The van der Waals surface area contributed by atoms with Crippen LogP contribution >= 0.6 is 0 Å². The number of carbonyl (C=O) groups is 2. The van der Waals surface area contributed by atoms with Crippen molar-refractivity contribution in [3.63, 3.8) is 0 Å². The molecule has 1 N–H and O–H groups in total. The van der Waals surface area contributed by atoms with Gasteiger partial charge in [0.15, 0.2) is 0 Å². The Morgan fingerprint density at radius 2 is 1.76 bits per heavy atom. The van der Waals surface area contributed by atoms with Crippen LogP contribution < -0.4 is 5.32 Å². The number of carbonyl (C=O) groups excluding carboxylic acids is 2. The average Bonchev–Trinajstić information content (AvgIpc) is 3.29. The molecule has 2 amide bonds. The minimum Gasteiger partial charge on any atom is -0.352 e. The molecule has 33 heavy (non-hydrogen) atoms. The van der Waals surface area contributed by atoms with Gasteiger partial charge >= 0.3 is 0 Å². The van der Waals surface area contributed by atoms with Crippen LogP contribution in [0.3, 0.4) is 0 Å². The molecule has 1 saturated carbocycles. The zero-order valence-electron chi connectivity index (χ0n) is 18.4. The van der Waals surface area contributed by atoms with Crippen molar-refractivity contribution in [1.29, 1.82) is 0 Å². The Balaban J connectivity index is 1.43. The summed E-state index contributed by atoms with van der Waals surface area (Å²) in [5.41, 5.74) is 1.53. The van der Waals surface area contributed by atoms with Gasteiger partial charge in [-0.05, 0) is 47.9 Å². The fourth-order valence-corrected chi connectivity index (χ4v) is 3.98. The summed E-state index contributed by atoms with van der Waals surface area (Å²) in [4.78, 5) is 28.5. The molecule has 1 aliphatic carbocycles. The highest BCUT2D eigenvalue weighted by Crippen LogP contribution is 2.17. The van der Waals surface area contributed by atoms with E-state index in [0.717, 1.165) is 31.2 Å². The van der Waals surface area contributed by atoms with Gasteiger partial charge in [0.25, 0.3) is 0 Å². The third-order valence-corrected chi connectivity index (χ3v) is 5.71. The first-order valence-electron chi connectivity index (χ1n) is 11.2. The molecule has 3 aromatic rings. The molecule has 2 aromatic carbocycles. The van der Waals surface area contributed by atoms with Crippen LogP contribution in [-0.2, 0) is 22.7 Å². The van der Waals surface area contributed by atoms with Gasteiger partial charge in [-0.3, -0.25) is 9.59 Å². The summed E-state index contributed by atoms with van der Waals surface area (Å²) in [5.74, 6) is -0.512. The summed E-state index contributed by atoms with van der Waals surface area (Å²) < 4.78 is 13.2. The van der Waals surface area contributed by atoms with E-state index in [0.29, 0.717) is 17.9 Å². The predicted octanol–water partition coefficient (Wildman–Crippen LogP) is 2.96. The van der Waals surface area contributed by atoms with Crippen molar-refractivity contribution in [3.8, 4) is 11.4 Å². The maximum absolute atomic E-state index is 13.2. The summed E-state index contributed by atoms with van der Waals surface area (Å²) in [5, 5.41) is 15.2. The van der Waals surface area contributed by atoms with Crippen LogP contribution in [0.25, 0.3) is 11.4 Å². The van der Waals surface area contributed by atoms with E-state index in [1.54, 1.807) is 12.1 Å². The first kappa shape index (κ1) is 22.6. The molecule has 4 rings (SSSR count). The maximum Gasteiger partial charge on any atom is 0.247 e. The zero-order chi connectivity index (χ0) is 23.0. The smallest absolute Gasteiger partial charge is 0.247 e. The molecule has 0 aliphatic heterocycles. The fourth-order valence-electron chi connectivity index (χ4n) is 3.98. The Hall–Kier alpha value is -3.62. The first-order chi connectivity index (χ1) is 16.1. The molecular formula is C24H27FN6O2. The van der Waals surface area contributed by atoms with E-state index < -0.39 is 0 Å². The maximum atomic E-state index is 13.2. The van der Waals surface area contributed by atoms with Crippen LogP contribution in [0.4, 0.5) is 4.39 Å². The number of benzene rings is 2. The Bertz CT molecular complexity index is 1060. The van der Waals surface area contributed by atoms with Gasteiger partial charge in [-0.25, -0.2) is 4.39 Å². The zero-order valence-corrected chi connectivity index (χ0v) is 18.4. The van der Waals surface area contributed by atoms with Crippen LogP contribution in [-0.4, -0.2) is 49.5 Å². The molecule has 0 radical (unpaired) electrons. The topological polar surface area (TPSA) is 93.0 Å². The number of aromatic nitrogens is 4. The van der Waals surface area contributed by atoms with Gasteiger partial charge in [0.1, 0.15) is 12.4 Å². The van der Waals surface area contributed by atoms with Crippen LogP contribution in [0, 0.1) is 5.82 Å². The van der Waals surface area contributed by atoms with Crippen LogP contribution in [0.15, 0.2) is 54.6 Å². The van der Waals surface area contributed by atoms with E-state index in [9.17, 15) is 14.0 Å². The number of amides is 2. The molecule has 172 valence electrons. The monoisotopic (exact) mass is 450 g/mol. The van der Waals surface area contributed by atoms with E-state index in [1.807, 2.05) is 30.3 Å². The Morgan fingerprint density at radius 3 is 2.48 bits per heavy atom.